The lowest BCUT2D eigenvalue weighted by molar-refractivity contribution is 0.385. The van der Waals surface area contributed by atoms with Crippen molar-refractivity contribution in [2.45, 2.75) is 52.0 Å². The summed E-state index contributed by atoms with van der Waals surface area (Å²) in [7, 11) is 1.36. The van der Waals surface area contributed by atoms with E-state index in [4.69, 9.17) is 9.26 Å². The summed E-state index contributed by atoms with van der Waals surface area (Å²) < 4.78 is 26.2. The van der Waals surface area contributed by atoms with Crippen LogP contribution in [0.4, 0.5) is 4.39 Å². The number of pyridine rings is 1. The van der Waals surface area contributed by atoms with Crippen LogP contribution in [0.25, 0.3) is 11.3 Å². The summed E-state index contributed by atoms with van der Waals surface area (Å²) in [5, 5.41) is 13.5. The third-order valence-corrected chi connectivity index (χ3v) is 5.76. The molecule has 2 heterocycles. The molecule has 0 radical (unpaired) electrons. The Morgan fingerprint density at radius 1 is 1.26 bits per heavy atom. The largest absolute Gasteiger partial charge is 0.494 e. The van der Waals surface area contributed by atoms with Crippen molar-refractivity contribution < 1.29 is 13.7 Å². The van der Waals surface area contributed by atoms with Crippen molar-refractivity contribution in [2.75, 3.05) is 7.11 Å². The highest BCUT2D eigenvalue weighted by Gasteiger charge is 2.20. The number of methoxy groups -OCH3 is 1. The van der Waals surface area contributed by atoms with Crippen LogP contribution in [0.2, 0.25) is 0 Å². The molecule has 7 heteroatoms. The van der Waals surface area contributed by atoms with Crippen LogP contribution in [0, 0.1) is 17.1 Å². The Morgan fingerprint density at radius 3 is 2.81 bits per heavy atom. The minimum Gasteiger partial charge on any atom is -0.494 e. The molecular formula is C24H24FN3O3. The second kappa shape index (κ2) is 8.76. The summed E-state index contributed by atoms with van der Waals surface area (Å²) in [4.78, 5) is 13.2. The summed E-state index contributed by atoms with van der Waals surface area (Å²) in [6.45, 7) is 2.37. The maximum absolute atomic E-state index is 14.0. The first kappa shape index (κ1) is 20.9. The zero-order chi connectivity index (χ0) is 22.0. The Bertz CT molecular complexity index is 1220. The normalized spacial score (nSPS) is 13.0. The molecule has 0 atom stereocenters. The SMILES string of the molecule is CCCc1cc2c(c(=O)n1Cc1cc(-c3cc(OC)c(F)cc3C#N)on1)CCCC2. The van der Waals surface area contributed by atoms with E-state index < -0.39 is 5.82 Å². The summed E-state index contributed by atoms with van der Waals surface area (Å²) in [6.07, 6.45) is 5.67. The molecule has 160 valence electrons. The number of rotatable bonds is 6. The average molecular weight is 421 g/mol. The van der Waals surface area contributed by atoms with Crippen LogP contribution in [0.15, 0.2) is 33.6 Å². The quantitative estimate of drug-likeness (QED) is 0.589. The molecule has 1 aliphatic carbocycles. The summed E-state index contributed by atoms with van der Waals surface area (Å²) in [5.74, 6) is -0.275. The first-order valence-electron chi connectivity index (χ1n) is 10.5. The van der Waals surface area contributed by atoms with Gasteiger partial charge in [-0.15, -0.1) is 0 Å². The first-order chi connectivity index (χ1) is 15.0. The number of aryl methyl sites for hydroxylation is 2. The van der Waals surface area contributed by atoms with Crippen molar-refractivity contribution in [3.05, 3.63) is 68.5 Å². The van der Waals surface area contributed by atoms with E-state index in [1.807, 2.05) is 6.07 Å². The predicted molar refractivity (Wildman–Crippen MR) is 114 cm³/mol. The van der Waals surface area contributed by atoms with Crippen molar-refractivity contribution in [1.29, 1.82) is 5.26 Å². The van der Waals surface area contributed by atoms with Gasteiger partial charge in [-0.25, -0.2) is 4.39 Å². The zero-order valence-electron chi connectivity index (χ0n) is 17.7. The van der Waals surface area contributed by atoms with Gasteiger partial charge in [-0.3, -0.25) is 4.79 Å². The van der Waals surface area contributed by atoms with Gasteiger partial charge in [-0.1, -0.05) is 18.5 Å². The van der Waals surface area contributed by atoms with Gasteiger partial charge in [0.15, 0.2) is 17.3 Å². The number of hydrogen-bond acceptors (Lipinski definition) is 5. The van der Waals surface area contributed by atoms with E-state index in [0.29, 0.717) is 17.0 Å². The van der Waals surface area contributed by atoms with Gasteiger partial charge in [0.05, 0.1) is 19.2 Å². The summed E-state index contributed by atoms with van der Waals surface area (Å²) in [6, 6.07) is 8.37. The van der Waals surface area contributed by atoms with Crippen molar-refractivity contribution in [2.24, 2.45) is 0 Å². The second-order valence-corrected chi connectivity index (χ2v) is 7.81. The van der Waals surface area contributed by atoms with E-state index in [1.165, 1.54) is 18.7 Å². The summed E-state index contributed by atoms with van der Waals surface area (Å²) >= 11 is 0. The monoisotopic (exact) mass is 421 g/mol. The smallest absolute Gasteiger partial charge is 0.254 e. The van der Waals surface area contributed by atoms with Gasteiger partial charge >= 0.3 is 0 Å². The van der Waals surface area contributed by atoms with Crippen LogP contribution in [0.5, 0.6) is 5.75 Å². The van der Waals surface area contributed by atoms with Gasteiger partial charge in [0.2, 0.25) is 0 Å². The number of fused-ring (bicyclic) bond motifs is 1. The van der Waals surface area contributed by atoms with Gasteiger partial charge < -0.3 is 13.8 Å². The number of halogens is 1. The van der Waals surface area contributed by atoms with Crippen LogP contribution >= 0.6 is 0 Å². The fourth-order valence-electron chi connectivity index (χ4n) is 4.22. The Kier molecular flexibility index (Phi) is 5.90. The lowest BCUT2D eigenvalue weighted by Gasteiger charge is -2.20. The number of aromatic nitrogens is 2. The molecule has 0 saturated heterocycles. The van der Waals surface area contributed by atoms with Crippen LogP contribution in [-0.2, 0) is 25.8 Å². The molecule has 0 amide bonds. The highest BCUT2D eigenvalue weighted by atomic mass is 19.1. The molecule has 0 spiro atoms. The summed E-state index contributed by atoms with van der Waals surface area (Å²) in [5.41, 5.74) is 4.21. The molecule has 2 aromatic heterocycles. The molecule has 0 fully saturated rings. The Labute approximate surface area is 179 Å². The molecule has 1 aliphatic rings. The van der Waals surface area contributed by atoms with Crippen LogP contribution in [-0.4, -0.2) is 16.8 Å². The fourth-order valence-corrected chi connectivity index (χ4v) is 4.22. The Morgan fingerprint density at radius 2 is 2.06 bits per heavy atom. The van der Waals surface area contributed by atoms with Crippen molar-refractivity contribution in [1.82, 2.24) is 9.72 Å². The van der Waals surface area contributed by atoms with Crippen LogP contribution in [0.3, 0.4) is 0 Å². The molecule has 1 aromatic carbocycles. The van der Waals surface area contributed by atoms with E-state index in [-0.39, 0.29) is 23.4 Å². The molecule has 0 unspecified atom stereocenters. The number of benzene rings is 1. The molecule has 31 heavy (non-hydrogen) atoms. The molecule has 3 aromatic rings. The second-order valence-electron chi connectivity index (χ2n) is 7.81. The third kappa shape index (κ3) is 3.98. The maximum atomic E-state index is 14.0. The molecule has 6 nitrogen and oxygen atoms in total. The zero-order valence-corrected chi connectivity index (χ0v) is 17.7. The average Bonchev–Trinajstić information content (AvgIpc) is 3.24. The number of hydrogen-bond donors (Lipinski definition) is 0. The third-order valence-electron chi connectivity index (χ3n) is 5.76. The highest BCUT2D eigenvalue weighted by Crippen LogP contribution is 2.31. The fraction of sp³-hybridized carbons (Fsp3) is 0.375. The van der Waals surface area contributed by atoms with Gasteiger partial charge in [-0.05, 0) is 55.9 Å². The standard InChI is InChI=1S/C24H24FN3O3/c1-3-6-18-9-15-7-4-5-8-19(15)24(29)28(18)14-17-11-22(31-27-17)20-12-23(30-2)21(25)10-16(20)13-26/h9-12H,3-8,14H2,1-2H3. The molecule has 4 rings (SSSR count). The molecule has 0 aliphatic heterocycles. The number of ether oxygens (including phenoxy) is 1. The van der Waals surface area contributed by atoms with Gasteiger partial charge in [0.25, 0.3) is 5.56 Å². The molecular weight excluding hydrogens is 397 g/mol. The number of nitriles is 1. The van der Waals surface area contributed by atoms with Gasteiger partial charge in [0.1, 0.15) is 11.8 Å². The molecule has 0 saturated carbocycles. The Balaban J connectivity index is 1.72. The lowest BCUT2D eigenvalue weighted by Crippen LogP contribution is -2.30. The first-order valence-corrected chi connectivity index (χ1v) is 10.5. The maximum Gasteiger partial charge on any atom is 0.254 e. The van der Waals surface area contributed by atoms with E-state index >= 15 is 0 Å². The van der Waals surface area contributed by atoms with E-state index in [2.05, 4.69) is 18.1 Å². The van der Waals surface area contributed by atoms with Crippen molar-refractivity contribution >= 4 is 0 Å². The van der Waals surface area contributed by atoms with Crippen LogP contribution < -0.4 is 10.3 Å². The van der Waals surface area contributed by atoms with Gasteiger partial charge in [0, 0.05) is 22.9 Å². The minimum atomic E-state index is -0.618. The number of nitrogens with zero attached hydrogens (tertiary/aromatic N) is 3. The topological polar surface area (TPSA) is 81.0 Å². The lowest BCUT2D eigenvalue weighted by atomic mass is 9.92. The molecule has 0 bridgehead atoms. The van der Waals surface area contributed by atoms with Gasteiger partial charge in [-0.2, -0.15) is 5.26 Å². The molecule has 0 N–H and O–H groups in total. The van der Waals surface area contributed by atoms with E-state index in [1.54, 1.807) is 10.6 Å². The highest BCUT2D eigenvalue weighted by molar-refractivity contribution is 5.68. The van der Waals surface area contributed by atoms with E-state index in [9.17, 15) is 14.4 Å². The van der Waals surface area contributed by atoms with Crippen molar-refractivity contribution in [3.8, 4) is 23.1 Å². The van der Waals surface area contributed by atoms with Crippen LogP contribution in [0.1, 0.15) is 54.3 Å². The minimum absolute atomic E-state index is 0.0167. The van der Waals surface area contributed by atoms with Crippen molar-refractivity contribution in [3.63, 3.8) is 0 Å². The Hall–Kier alpha value is -3.40. The van der Waals surface area contributed by atoms with E-state index in [0.717, 1.165) is 55.8 Å². The predicted octanol–water partition coefficient (Wildman–Crippen LogP) is 4.40.